The van der Waals surface area contributed by atoms with Gasteiger partial charge in [0, 0.05) is 23.9 Å². The summed E-state index contributed by atoms with van der Waals surface area (Å²) in [5.41, 5.74) is 2.46. The van der Waals surface area contributed by atoms with Gasteiger partial charge in [-0.3, -0.25) is 14.9 Å². The number of carbonyl (C=O) groups is 1. The van der Waals surface area contributed by atoms with Crippen LogP contribution >= 0.6 is 0 Å². The molecule has 1 amide bonds. The Morgan fingerprint density at radius 1 is 1.35 bits per heavy atom. The summed E-state index contributed by atoms with van der Waals surface area (Å²) < 4.78 is 5.23. The second kappa shape index (κ2) is 7.43. The maximum Gasteiger partial charge on any atom is 0.271 e. The van der Waals surface area contributed by atoms with Crippen molar-refractivity contribution in [1.29, 1.82) is 0 Å². The number of nitrogens with zero attached hydrogens (tertiary/aromatic N) is 2. The number of para-hydroxylation sites is 1. The summed E-state index contributed by atoms with van der Waals surface area (Å²) >= 11 is 0. The monoisotopic (exact) mass is 355 g/mol. The van der Waals surface area contributed by atoms with Gasteiger partial charge in [0.25, 0.3) is 5.69 Å². The first-order valence-electron chi connectivity index (χ1n) is 8.47. The molecule has 3 rings (SSSR count). The number of hydrogen-bond donors (Lipinski definition) is 1. The van der Waals surface area contributed by atoms with E-state index in [2.05, 4.69) is 5.32 Å². The third-order valence-electron chi connectivity index (χ3n) is 4.62. The summed E-state index contributed by atoms with van der Waals surface area (Å²) in [7, 11) is 1.48. The van der Waals surface area contributed by atoms with E-state index in [4.69, 9.17) is 4.74 Å². The van der Waals surface area contributed by atoms with Crippen molar-refractivity contribution in [1.82, 2.24) is 0 Å². The van der Waals surface area contributed by atoms with Crippen LogP contribution in [0.1, 0.15) is 18.9 Å². The molecule has 0 aromatic heterocycles. The van der Waals surface area contributed by atoms with Gasteiger partial charge in [-0.2, -0.15) is 0 Å². The number of anilines is 2. The molecule has 1 unspecified atom stereocenters. The van der Waals surface area contributed by atoms with Gasteiger partial charge in [0.1, 0.15) is 5.75 Å². The number of hydrogen-bond acceptors (Lipinski definition) is 5. The second-order valence-electron chi connectivity index (χ2n) is 6.28. The lowest BCUT2D eigenvalue weighted by Crippen LogP contribution is -2.44. The highest BCUT2D eigenvalue weighted by Crippen LogP contribution is 2.31. The number of benzene rings is 2. The van der Waals surface area contributed by atoms with E-state index in [1.807, 2.05) is 31.2 Å². The van der Waals surface area contributed by atoms with Crippen LogP contribution in [0, 0.1) is 10.1 Å². The number of ether oxygens (including phenoxy) is 1. The number of carbonyl (C=O) groups excluding carboxylic acids is 1. The predicted molar refractivity (Wildman–Crippen MR) is 99.8 cm³/mol. The van der Waals surface area contributed by atoms with E-state index in [0.29, 0.717) is 11.4 Å². The molecule has 7 nitrogen and oxygen atoms in total. The molecule has 1 atom stereocenters. The van der Waals surface area contributed by atoms with Crippen molar-refractivity contribution in [3.8, 4) is 5.75 Å². The molecule has 2 aromatic carbocycles. The minimum atomic E-state index is -0.477. The summed E-state index contributed by atoms with van der Waals surface area (Å²) in [6.45, 7) is 2.05. The van der Waals surface area contributed by atoms with E-state index in [1.54, 1.807) is 4.90 Å². The number of amides is 1. The zero-order chi connectivity index (χ0) is 18.7. The summed E-state index contributed by atoms with van der Waals surface area (Å²) in [6.07, 6.45) is 1.86. The van der Waals surface area contributed by atoms with Crippen molar-refractivity contribution >= 4 is 23.0 Å². The van der Waals surface area contributed by atoms with Crippen molar-refractivity contribution in [2.24, 2.45) is 0 Å². The number of rotatable bonds is 5. The Bertz CT molecular complexity index is 837. The number of methoxy groups -OCH3 is 1. The minimum absolute atomic E-state index is 0.0240. The van der Waals surface area contributed by atoms with E-state index >= 15 is 0 Å². The molecule has 1 heterocycles. The van der Waals surface area contributed by atoms with E-state index < -0.39 is 4.92 Å². The van der Waals surface area contributed by atoms with E-state index in [1.165, 1.54) is 25.3 Å². The maximum absolute atomic E-state index is 12.9. The molecule has 0 radical (unpaired) electrons. The largest absolute Gasteiger partial charge is 0.495 e. The van der Waals surface area contributed by atoms with Gasteiger partial charge in [0.15, 0.2) is 0 Å². The van der Waals surface area contributed by atoms with Crippen LogP contribution in [0.25, 0.3) is 0 Å². The lowest BCUT2D eigenvalue weighted by atomic mass is 9.96. The molecule has 1 N–H and O–H groups in total. The highest BCUT2D eigenvalue weighted by Gasteiger charge is 2.27. The van der Waals surface area contributed by atoms with Crippen molar-refractivity contribution in [2.45, 2.75) is 25.8 Å². The predicted octanol–water partition coefficient (Wildman–Crippen LogP) is 3.38. The van der Waals surface area contributed by atoms with Gasteiger partial charge >= 0.3 is 0 Å². The van der Waals surface area contributed by atoms with Crippen molar-refractivity contribution in [3.63, 3.8) is 0 Å². The molecule has 0 spiro atoms. The zero-order valence-electron chi connectivity index (χ0n) is 14.8. The van der Waals surface area contributed by atoms with Crippen LogP contribution in [-0.2, 0) is 11.2 Å². The first kappa shape index (κ1) is 17.7. The number of aryl methyl sites for hydroxylation is 1. The van der Waals surface area contributed by atoms with Gasteiger partial charge < -0.3 is 15.0 Å². The summed E-state index contributed by atoms with van der Waals surface area (Å²) in [5, 5.41) is 14.0. The summed E-state index contributed by atoms with van der Waals surface area (Å²) in [4.78, 5) is 25.2. The van der Waals surface area contributed by atoms with Crippen molar-refractivity contribution in [2.75, 3.05) is 23.9 Å². The number of fused-ring (bicyclic) bond motifs is 1. The molecule has 0 fully saturated rings. The fourth-order valence-electron chi connectivity index (χ4n) is 3.27. The Morgan fingerprint density at radius 2 is 2.12 bits per heavy atom. The Labute approximate surface area is 151 Å². The number of non-ortho nitro benzene ring substituents is 1. The molecule has 136 valence electrons. The lowest BCUT2D eigenvalue weighted by molar-refractivity contribution is -0.384. The number of nitrogens with one attached hydrogen (secondary N) is 1. The molecular weight excluding hydrogens is 334 g/mol. The van der Waals surface area contributed by atoms with Gasteiger partial charge in [-0.15, -0.1) is 0 Å². The van der Waals surface area contributed by atoms with Crippen LogP contribution in [0.5, 0.6) is 5.75 Å². The van der Waals surface area contributed by atoms with Gasteiger partial charge in [-0.05, 0) is 37.5 Å². The highest BCUT2D eigenvalue weighted by atomic mass is 16.6. The Hall–Kier alpha value is -3.09. The van der Waals surface area contributed by atoms with E-state index in [-0.39, 0.29) is 24.2 Å². The molecule has 0 saturated carbocycles. The van der Waals surface area contributed by atoms with Crippen LogP contribution in [0.15, 0.2) is 42.5 Å². The highest BCUT2D eigenvalue weighted by molar-refractivity contribution is 5.98. The van der Waals surface area contributed by atoms with Crippen LogP contribution in [0.4, 0.5) is 17.1 Å². The molecule has 0 aliphatic carbocycles. The average Bonchev–Trinajstić information content (AvgIpc) is 2.65. The molecule has 0 bridgehead atoms. The molecule has 26 heavy (non-hydrogen) atoms. The third-order valence-corrected chi connectivity index (χ3v) is 4.62. The quantitative estimate of drug-likeness (QED) is 0.656. The topological polar surface area (TPSA) is 84.7 Å². The Morgan fingerprint density at radius 3 is 2.85 bits per heavy atom. The van der Waals surface area contributed by atoms with Gasteiger partial charge in [-0.25, -0.2) is 0 Å². The third kappa shape index (κ3) is 3.46. The van der Waals surface area contributed by atoms with Crippen LogP contribution in [0.3, 0.4) is 0 Å². The summed E-state index contributed by atoms with van der Waals surface area (Å²) in [5.74, 6) is 0.369. The SMILES string of the molecule is COc1ccc([N+](=O)[O-])cc1NCC(=O)N1c2ccccc2CCC1C. The van der Waals surface area contributed by atoms with Crippen LogP contribution < -0.4 is 15.0 Å². The van der Waals surface area contributed by atoms with Gasteiger partial charge in [0.05, 0.1) is 24.3 Å². The fourth-order valence-corrected chi connectivity index (χ4v) is 3.27. The Balaban J connectivity index is 1.79. The first-order valence-corrected chi connectivity index (χ1v) is 8.47. The molecule has 2 aromatic rings. The maximum atomic E-state index is 12.9. The summed E-state index contributed by atoms with van der Waals surface area (Å²) in [6, 6.07) is 12.3. The standard InChI is InChI=1S/C19H21N3O4/c1-13-7-8-14-5-3-4-6-17(14)21(13)19(23)12-20-16-11-15(22(24)25)9-10-18(16)26-2/h3-6,9-11,13,20H,7-8,12H2,1-2H3. The molecule has 0 saturated heterocycles. The van der Waals surface area contributed by atoms with Gasteiger partial charge in [-0.1, -0.05) is 18.2 Å². The smallest absolute Gasteiger partial charge is 0.271 e. The normalized spacial score (nSPS) is 15.9. The number of nitro benzene ring substituents is 1. The van der Waals surface area contributed by atoms with Crippen LogP contribution in [-0.4, -0.2) is 30.5 Å². The molecule has 1 aliphatic rings. The average molecular weight is 355 g/mol. The zero-order valence-corrected chi connectivity index (χ0v) is 14.8. The minimum Gasteiger partial charge on any atom is -0.495 e. The van der Waals surface area contributed by atoms with Gasteiger partial charge in [0.2, 0.25) is 5.91 Å². The lowest BCUT2D eigenvalue weighted by Gasteiger charge is -2.35. The van der Waals surface area contributed by atoms with E-state index in [9.17, 15) is 14.9 Å². The molecule has 1 aliphatic heterocycles. The molecular formula is C19H21N3O4. The second-order valence-corrected chi connectivity index (χ2v) is 6.28. The van der Waals surface area contributed by atoms with Crippen molar-refractivity contribution < 1.29 is 14.5 Å². The fraction of sp³-hybridized carbons (Fsp3) is 0.316. The van der Waals surface area contributed by atoms with Crippen molar-refractivity contribution in [3.05, 3.63) is 58.1 Å². The number of nitro groups is 1. The Kier molecular flexibility index (Phi) is 5.06. The van der Waals surface area contributed by atoms with E-state index in [0.717, 1.165) is 24.1 Å². The first-order chi connectivity index (χ1) is 12.5. The molecule has 7 heteroatoms. The van der Waals surface area contributed by atoms with Crippen LogP contribution in [0.2, 0.25) is 0 Å².